The Bertz CT molecular complexity index is 888. The second kappa shape index (κ2) is 10.1. The van der Waals surface area contributed by atoms with E-state index in [-0.39, 0.29) is 29.2 Å². The molecule has 5 fully saturated rings. The third kappa shape index (κ3) is 5.09. The van der Waals surface area contributed by atoms with E-state index in [4.69, 9.17) is 4.74 Å². The maximum absolute atomic E-state index is 13.6. The van der Waals surface area contributed by atoms with Crippen molar-refractivity contribution in [2.45, 2.75) is 77.3 Å². The third-order valence-corrected chi connectivity index (χ3v) is 9.29. The van der Waals surface area contributed by atoms with Crippen LogP contribution in [0.1, 0.15) is 76.8 Å². The number of carbonyl (C=O) groups is 2. The Hall–Kier alpha value is -2.08. The van der Waals surface area contributed by atoms with Crippen molar-refractivity contribution in [3.8, 4) is 5.75 Å². The van der Waals surface area contributed by atoms with E-state index in [1.807, 2.05) is 26.0 Å². The summed E-state index contributed by atoms with van der Waals surface area (Å²) >= 11 is 0. The molecule has 1 aromatic rings. The van der Waals surface area contributed by atoms with E-state index in [1.54, 1.807) is 7.11 Å². The van der Waals surface area contributed by atoms with Crippen molar-refractivity contribution in [2.24, 2.45) is 29.1 Å². The first-order chi connectivity index (χ1) is 16.9. The number of methoxy groups -OCH3 is 1. The van der Waals surface area contributed by atoms with Crippen LogP contribution in [0.15, 0.2) is 24.3 Å². The number of carbonyl (C=O) groups excluding carboxylic acids is 2. The highest BCUT2D eigenvalue weighted by Gasteiger charge is 2.55. The third-order valence-electron chi connectivity index (χ3n) is 9.29. The molecule has 6 heteroatoms. The fraction of sp³-hybridized carbons (Fsp3) is 0.724. The van der Waals surface area contributed by atoms with Gasteiger partial charge in [0.2, 0.25) is 11.8 Å². The van der Waals surface area contributed by atoms with Crippen molar-refractivity contribution in [2.75, 3.05) is 26.7 Å². The van der Waals surface area contributed by atoms with Gasteiger partial charge in [0.05, 0.1) is 13.2 Å². The van der Waals surface area contributed by atoms with Crippen molar-refractivity contribution in [3.05, 3.63) is 29.8 Å². The molecule has 2 amide bonds. The zero-order valence-electron chi connectivity index (χ0n) is 21.7. The number of ether oxygens (including phenoxy) is 1. The van der Waals surface area contributed by atoms with E-state index >= 15 is 0 Å². The summed E-state index contributed by atoms with van der Waals surface area (Å²) in [5.41, 5.74) is 0.922. The topological polar surface area (TPSA) is 70.7 Å². The minimum absolute atomic E-state index is 0.0370. The van der Waals surface area contributed by atoms with Gasteiger partial charge in [-0.1, -0.05) is 26.0 Å². The fourth-order valence-corrected chi connectivity index (χ4v) is 7.89. The summed E-state index contributed by atoms with van der Waals surface area (Å²) in [6.45, 7) is 6.67. The highest BCUT2D eigenvalue weighted by molar-refractivity contribution is 5.90. The van der Waals surface area contributed by atoms with Crippen LogP contribution in [0.4, 0.5) is 0 Å². The zero-order chi connectivity index (χ0) is 24.6. The van der Waals surface area contributed by atoms with Crippen molar-refractivity contribution in [1.82, 2.24) is 15.5 Å². The molecule has 4 aliphatic carbocycles. The summed E-state index contributed by atoms with van der Waals surface area (Å²) in [6, 6.07) is 7.76. The van der Waals surface area contributed by atoms with Crippen LogP contribution in [0, 0.1) is 29.1 Å². The molecule has 6 nitrogen and oxygen atoms in total. The van der Waals surface area contributed by atoms with Crippen LogP contribution >= 0.6 is 0 Å². The van der Waals surface area contributed by atoms with Gasteiger partial charge in [0.25, 0.3) is 0 Å². The summed E-state index contributed by atoms with van der Waals surface area (Å²) in [5, 5.41) is 6.46. The molecular formula is C29H43N3O3. The number of benzene rings is 1. The number of hydrogen-bond acceptors (Lipinski definition) is 4. The van der Waals surface area contributed by atoms with Gasteiger partial charge in [-0.15, -0.1) is 0 Å². The van der Waals surface area contributed by atoms with Crippen molar-refractivity contribution >= 4 is 11.8 Å². The van der Waals surface area contributed by atoms with Crippen LogP contribution in [-0.2, 0) is 9.59 Å². The molecule has 1 aliphatic heterocycles. The van der Waals surface area contributed by atoms with Crippen LogP contribution < -0.4 is 15.4 Å². The van der Waals surface area contributed by atoms with Crippen LogP contribution in [0.2, 0.25) is 0 Å². The van der Waals surface area contributed by atoms with E-state index in [0.717, 1.165) is 43.7 Å². The maximum atomic E-state index is 13.6. The SMILES string of the molecule is COc1cccc([C@@H](CNC(=O)[C@H](NC(=O)C23CC4CC(CC(C4)C2)C3)C(C)C)N2CCCC2)c1. The Kier molecular flexibility index (Phi) is 7.11. The van der Waals surface area contributed by atoms with Crippen molar-refractivity contribution < 1.29 is 14.3 Å². The quantitative estimate of drug-likeness (QED) is 0.552. The summed E-state index contributed by atoms with van der Waals surface area (Å²) < 4.78 is 5.45. The number of nitrogens with one attached hydrogen (secondary N) is 2. The molecule has 0 unspecified atom stereocenters. The van der Waals surface area contributed by atoms with E-state index in [2.05, 4.69) is 27.7 Å². The molecular weight excluding hydrogens is 438 g/mol. The van der Waals surface area contributed by atoms with Crippen LogP contribution in [0.3, 0.4) is 0 Å². The highest BCUT2D eigenvalue weighted by Crippen LogP contribution is 2.60. The second-order valence-corrected chi connectivity index (χ2v) is 12.2. The summed E-state index contributed by atoms with van der Waals surface area (Å²) in [5.74, 6) is 3.07. The molecule has 1 saturated heterocycles. The molecule has 1 heterocycles. The molecule has 6 rings (SSSR count). The molecule has 2 atom stereocenters. The first-order valence-corrected chi connectivity index (χ1v) is 13.8. The van der Waals surface area contributed by atoms with E-state index < -0.39 is 6.04 Å². The summed E-state index contributed by atoms with van der Waals surface area (Å²) in [6.07, 6.45) is 9.35. The lowest BCUT2D eigenvalue weighted by molar-refractivity contribution is -0.149. The van der Waals surface area contributed by atoms with E-state index in [1.165, 1.54) is 32.1 Å². The van der Waals surface area contributed by atoms with Gasteiger partial charge >= 0.3 is 0 Å². The predicted molar refractivity (Wildman–Crippen MR) is 137 cm³/mol. The molecule has 2 N–H and O–H groups in total. The average Bonchev–Trinajstić information content (AvgIpc) is 3.36. The lowest BCUT2D eigenvalue weighted by Crippen LogP contribution is -2.58. The number of rotatable bonds is 9. The molecule has 5 aliphatic rings. The molecule has 0 aromatic heterocycles. The fourth-order valence-electron chi connectivity index (χ4n) is 7.89. The van der Waals surface area contributed by atoms with Crippen LogP contribution in [-0.4, -0.2) is 49.5 Å². The number of hydrogen-bond donors (Lipinski definition) is 2. The van der Waals surface area contributed by atoms with Gasteiger partial charge in [0.1, 0.15) is 11.8 Å². The Labute approximate surface area is 210 Å². The number of likely N-dealkylation sites (tertiary alicyclic amines) is 1. The average molecular weight is 482 g/mol. The van der Waals surface area contributed by atoms with Gasteiger partial charge in [0.15, 0.2) is 0 Å². The van der Waals surface area contributed by atoms with E-state index in [9.17, 15) is 9.59 Å². The highest BCUT2D eigenvalue weighted by atomic mass is 16.5. The molecule has 4 saturated carbocycles. The molecule has 0 radical (unpaired) electrons. The van der Waals surface area contributed by atoms with Crippen LogP contribution in [0.25, 0.3) is 0 Å². The largest absolute Gasteiger partial charge is 0.497 e. The smallest absolute Gasteiger partial charge is 0.242 e. The second-order valence-electron chi connectivity index (χ2n) is 12.2. The van der Waals surface area contributed by atoms with Crippen molar-refractivity contribution in [1.29, 1.82) is 0 Å². The first kappa shape index (κ1) is 24.6. The minimum Gasteiger partial charge on any atom is -0.497 e. The minimum atomic E-state index is -0.500. The summed E-state index contributed by atoms with van der Waals surface area (Å²) in [4.78, 5) is 29.5. The monoisotopic (exact) mass is 481 g/mol. The van der Waals surface area contributed by atoms with Crippen LogP contribution in [0.5, 0.6) is 5.75 Å². The number of amides is 2. The zero-order valence-corrected chi connectivity index (χ0v) is 21.7. The Morgan fingerprint density at radius 1 is 1.06 bits per heavy atom. The Morgan fingerprint density at radius 3 is 2.26 bits per heavy atom. The molecule has 1 aromatic carbocycles. The maximum Gasteiger partial charge on any atom is 0.242 e. The standard InChI is InChI=1S/C29H43N3O3/c1-19(2)26(31-28(34)29-15-20-11-21(16-29)13-22(12-20)17-29)27(33)30-18-25(32-9-4-5-10-32)23-7-6-8-24(14-23)35-3/h6-8,14,19-22,25-26H,4-5,9-13,15-18H2,1-3H3,(H,30,33)(H,31,34)/t20?,21?,22?,25-,26-,29?/m1/s1. The molecule has 0 spiro atoms. The van der Waals surface area contributed by atoms with Gasteiger partial charge in [0, 0.05) is 12.0 Å². The lowest BCUT2D eigenvalue weighted by atomic mass is 9.49. The molecule has 4 bridgehead atoms. The predicted octanol–water partition coefficient (Wildman–Crippen LogP) is 4.31. The lowest BCUT2D eigenvalue weighted by Gasteiger charge is -2.55. The van der Waals surface area contributed by atoms with Gasteiger partial charge in [-0.2, -0.15) is 0 Å². The Balaban J connectivity index is 1.26. The normalized spacial score (nSPS) is 31.4. The van der Waals surface area contributed by atoms with Gasteiger partial charge in [-0.05, 0) is 106 Å². The first-order valence-electron chi connectivity index (χ1n) is 13.8. The van der Waals surface area contributed by atoms with Crippen molar-refractivity contribution in [3.63, 3.8) is 0 Å². The van der Waals surface area contributed by atoms with Gasteiger partial charge < -0.3 is 15.4 Å². The molecule has 35 heavy (non-hydrogen) atoms. The molecule has 192 valence electrons. The number of nitrogens with zero attached hydrogens (tertiary/aromatic N) is 1. The Morgan fingerprint density at radius 2 is 1.69 bits per heavy atom. The van der Waals surface area contributed by atoms with Gasteiger partial charge in [-0.25, -0.2) is 0 Å². The summed E-state index contributed by atoms with van der Waals surface area (Å²) in [7, 11) is 1.69. The van der Waals surface area contributed by atoms with E-state index in [0.29, 0.717) is 24.3 Å². The van der Waals surface area contributed by atoms with Gasteiger partial charge in [-0.3, -0.25) is 14.5 Å².